The van der Waals surface area contributed by atoms with E-state index in [1.54, 1.807) is 24.3 Å². The van der Waals surface area contributed by atoms with Crippen LogP contribution >= 0.6 is 0 Å². The zero-order chi connectivity index (χ0) is 17.6. The van der Waals surface area contributed by atoms with Crippen LogP contribution in [-0.4, -0.2) is 30.2 Å². The molecule has 25 heavy (non-hydrogen) atoms. The number of nitrogens with two attached hydrogens (primary N) is 1. The molecule has 1 atom stereocenters. The summed E-state index contributed by atoms with van der Waals surface area (Å²) in [5.41, 5.74) is 6.17. The molecule has 1 aliphatic rings. The van der Waals surface area contributed by atoms with Crippen LogP contribution in [0.25, 0.3) is 0 Å². The molecule has 1 heterocycles. The van der Waals surface area contributed by atoms with Crippen molar-refractivity contribution >= 4 is 17.5 Å². The van der Waals surface area contributed by atoms with Gasteiger partial charge in [0.05, 0.1) is 12.3 Å². The molecule has 128 valence electrons. The minimum absolute atomic E-state index is 0.187. The first kappa shape index (κ1) is 16.5. The molecule has 2 aromatic rings. The van der Waals surface area contributed by atoms with Gasteiger partial charge < -0.3 is 20.6 Å². The van der Waals surface area contributed by atoms with Gasteiger partial charge in [-0.3, -0.25) is 9.59 Å². The molecule has 0 fully saturated rings. The number of nitrogens with zero attached hydrogens (tertiary/aromatic N) is 1. The Morgan fingerprint density at radius 1 is 1.16 bits per heavy atom. The van der Waals surface area contributed by atoms with Crippen LogP contribution in [-0.2, 0) is 9.63 Å². The lowest BCUT2D eigenvalue weighted by atomic mass is 10.1. The fourth-order valence-corrected chi connectivity index (χ4v) is 2.29. The summed E-state index contributed by atoms with van der Waals surface area (Å²) in [4.78, 5) is 28.2. The molecule has 7 heteroatoms. The summed E-state index contributed by atoms with van der Waals surface area (Å²) >= 11 is 0. The SMILES string of the molecule is NC(=O)C1CC(CNC(=O)c2cccc(Oc3ccccc3)c2)=NO1. The van der Waals surface area contributed by atoms with Gasteiger partial charge in [-0.2, -0.15) is 0 Å². The zero-order valence-electron chi connectivity index (χ0n) is 13.3. The van der Waals surface area contributed by atoms with E-state index in [9.17, 15) is 9.59 Å². The Morgan fingerprint density at radius 3 is 2.64 bits per heavy atom. The normalized spacial score (nSPS) is 15.8. The molecule has 1 aliphatic heterocycles. The largest absolute Gasteiger partial charge is 0.457 e. The van der Waals surface area contributed by atoms with Crippen molar-refractivity contribution in [1.29, 1.82) is 0 Å². The van der Waals surface area contributed by atoms with Gasteiger partial charge in [0.25, 0.3) is 11.8 Å². The van der Waals surface area contributed by atoms with E-state index in [4.69, 9.17) is 15.3 Å². The van der Waals surface area contributed by atoms with Crippen molar-refractivity contribution < 1.29 is 19.2 Å². The molecule has 3 rings (SSSR count). The minimum atomic E-state index is -0.755. The van der Waals surface area contributed by atoms with Gasteiger partial charge in [0.1, 0.15) is 11.5 Å². The Bertz CT molecular complexity index is 805. The predicted molar refractivity (Wildman–Crippen MR) is 91.4 cm³/mol. The number of amides is 2. The first-order valence-electron chi connectivity index (χ1n) is 7.74. The number of carbonyl (C=O) groups excluding carboxylic acids is 2. The number of nitrogens with one attached hydrogen (secondary N) is 1. The zero-order valence-corrected chi connectivity index (χ0v) is 13.3. The summed E-state index contributed by atoms with van der Waals surface area (Å²) in [7, 11) is 0. The molecule has 0 bridgehead atoms. The highest BCUT2D eigenvalue weighted by atomic mass is 16.6. The summed E-state index contributed by atoms with van der Waals surface area (Å²) in [5.74, 6) is 0.406. The lowest BCUT2D eigenvalue weighted by Gasteiger charge is -2.08. The van der Waals surface area contributed by atoms with Crippen molar-refractivity contribution in [3.63, 3.8) is 0 Å². The quantitative estimate of drug-likeness (QED) is 0.838. The summed E-state index contributed by atoms with van der Waals surface area (Å²) in [6, 6.07) is 16.2. The number of benzene rings is 2. The summed E-state index contributed by atoms with van der Waals surface area (Å²) in [6.07, 6.45) is -0.471. The van der Waals surface area contributed by atoms with Gasteiger partial charge in [-0.05, 0) is 30.3 Å². The standard InChI is InChI=1S/C18H17N3O4/c19-17(22)16-10-13(21-25-16)11-20-18(23)12-5-4-8-15(9-12)24-14-6-2-1-3-7-14/h1-9,16H,10-11H2,(H2,19,22)(H,20,23). The molecule has 3 N–H and O–H groups in total. The second kappa shape index (κ2) is 7.48. The van der Waals surface area contributed by atoms with Crippen LogP contribution < -0.4 is 15.8 Å². The number of para-hydroxylation sites is 1. The van der Waals surface area contributed by atoms with E-state index in [1.807, 2.05) is 30.3 Å². The first-order valence-corrected chi connectivity index (χ1v) is 7.74. The van der Waals surface area contributed by atoms with Gasteiger partial charge in [-0.1, -0.05) is 29.4 Å². The van der Waals surface area contributed by atoms with Crippen LogP contribution in [0, 0.1) is 0 Å². The highest BCUT2D eigenvalue weighted by Crippen LogP contribution is 2.21. The lowest BCUT2D eigenvalue weighted by Crippen LogP contribution is -2.32. The molecule has 2 aromatic carbocycles. The van der Waals surface area contributed by atoms with E-state index >= 15 is 0 Å². The molecule has 0 aromatic heterocycles. The second-order valence-corrected chi connectivity index (χ2v) is 5.48. The molecule has 7 nitrogen and oxygen atoms in total. The number of carbonyl (C=O) groups is 2. The van der Waals surface area contributed by atoms with Gasteiger partial charge in [0, 0.05) is 12.0 Å². The molecule has 0 aliphatic carbocycles. The molecule has 0 radical (unpaired) electrons. The van der Waals surface area contributed by atoms with Crippen molar-refractivity contribution in [2.24, 2.45) is 10.9 Å². The van der Waals surface area contributed by atoms with E-state index in [1.165, 1.54) is 0 Å². The van der Waals surface area contributed by atoms with Crippen LogP contribution in [0.1, 0.15) is 16.8 Å². The molecule has 1 unspecified atom stereocenters. The van der Waals surface area contributed by atoms with Gasteiger partial charge in [-0.15, -0.1) is 0 Å². The van der Waals surface area contributed by atoms with Crippen LogP contribution in [0.5, 0.6) is 11.5 Å². The molecule has 0 saturated carbocycles. The summed E-state index contributed by atoms with van der Waals surface area (Å²) in [5, 5.41) is 6.49. The van der Waals surface area contributed by atoms with E-state index in [0.29, 0.717) is 22.8 Å². The average Bonchev–Trinajstić information content (AvgIpc) is 3.10. The van der Waals surface area contributed by atoms with E-state index in [0.717, 1.165) is 0 Å². The number of rotatable bonds is 6. The topological polar surface area (TPSA) is 103 Å². The average molecular weight is 339 g/mol. The maximum atomic E-state index is 12.3. The van der Waals surface area contributed by atoms with Gasteiger partial charge >= 0.3 is 0 Å². The molecule has 2 amide bonds. The van der Waals surface area contributed by atoms with Crippen molar-refractivity contribution in [2.45, 2.75) is 12.5 Å². The molecular weight excluding hydrogens is 322 g/mol. The molecular formula is C18H17N3O4. The maximum absolute atomic E-state index is 12.3. The van der Waals surface area contributed by atoms with Crippen LogP contribution in [0.2, 0.25) is 0 Å². The predicted octanol–water partition coefficient (Wildman–Crippen LogP) is 1.84. The fraction of sp³-hybridized carbons (Fsp3) is 0.167. The van der Waals surface area contributed by atoms with E-state index in [2.05, 4.69) is 10.5 Å². The number of hydrogen-bond acceptors (Lipinski definition) is 5. The number of oxime groups is 1. The Labute approximate surface area is 144 Å². The van der Waals surface area contributed by atoms with Crippen molar-refractivity contribution in [2.75, 3.05) is 6.54 Å². The number of hydrogen-bond donors (Lipinski definition) is 2. The highest BCUT2D eigenvalue weighted by molar-refractivity contribution is 5.99. The van der Waals surface area contributed by atoms with Crippen molar-refractivity contribution in [3.05, 3.63) is 60.2 Å². The number of primary amides is 1. The maximum Gasteiger partial charge on any atom is 0.261 e. The van der Waals surface area contributed by atoms with E-state index < -0.39 is 12.0 Å². The first-order chi connectivity index (χ1) is 12.1. The third-order valence-electron chi connectivity index (χ3n) is 3.58. The second-order valence-electron chi connectivity index (χ2n) is 5.48. The summed E-state index contributed by atoms with van der Waals surface area (Å²) in [6.45, 7) is 0.187. The Hall–Kier alpha value is -3.35. The van der Waals surface area contributed by atoms with Crippen LogP contribution in [0.4, 0.5) is 0 Å². The van der Waals surface area contributed by atoms with Crippen LogP contribution in [0.3, 0.4) is 0 Å². The number of ether oxygens (including phenoxy) is 1. The Morgan fingerprint density at radius 2 is 1.92 bits per heavy atom. The third-order valence-corrected chi connectivity index (χ3v) is 3.58. The lowest BCUT2D eigenvalue weighted by molar-refractivity contribution is -0.127. The minimum Gasteiger partial charge on any atom is -0.457 e. The van der Waals surface area contributed by atoms with E-state index in [-0.39, 0.29) is 18.9 Å². The van der Waals surface area contributed by atoms with Gasteiger partial charge in [0.2, 0.25) is 6.10 Å². The van der Waals surface area contributed by atoms with Crippen LogP contribution in [0.15, 0.2) is 59.8 Å². The smallest absolute Gasteiger partial charge is 0.261 e. The monoisotopic (exact) mass is 339 g/mol. The Kier molecular flexibility index (Phi) is 4.94. The van der Waals surface area contributed by atoms with Crippen molar-refractivity contribution in [1.82, 2.24) is 5.32 Å². The molecule has 0 saturated heterocycles. The Balaban J connectivity index is 1.57. The molecule has 0 spiro atoms. The highest BCUT2D eigenvalue weighted by Gasteiger charge is 2.26. The van der Waals surface area contributed by atoms with Gasteiger partial charge in [0.15, 0.2) is 0 Å². The fourth-order valence-electron chi connectivity index (χ4n) is 2.29. The van der Waals surface area contributed by atoms with Crippen molar-refractivity contribution in [3.8, 4) is 11.5 Å². The van der Waals surface area contributed by atoms with Gasteiger partial charge in [-0.25, -0.2) is 0 Å². The third kappa shape index (κ3) is 4.35. The summed E-state index contributed by atoms with van der Waals surface area (Å²) < 4.78 is 5.71.